The number of hydrogen-bond acceptors (Lipinski definition) is 8. The summed E-state index contributed by atoms with van der Waals surface area (Å²) in [5.74, 6) is -2.49. The molecule has 0 radical (unpaired) electrons. The number of para-hydroxylation sites is 1. The number of aromatic nitrogens is 2. The lowest BCUT2D eigenvalue weighted by Gasteiger charge is -2.10. The van der Waals surface area contributed by atoms with Crippen molar-refractivity contribution in [2.24, 2.45) is 10.9 Å². The van der Waals surface area contributed by atoms with Crippen molar-refractivity contribution in [3.05, 3.63) is 36.9 Å². The topological polar surface area (TPSA) is 100.0 Å². The minimum Gasteiger partial charge on any atom is -0.465 e. The number of rotatable bonds is 9. The van der Waals surface area contributed by atoms with Crippen LogP contribution < -0.4 is 4.74 Å². The van der Waals surface area contributed by atoms with Gasteiger partial charge < -0.3 is 14.2 Å². The van der Waals surface area contributed by atoms with E-state index in [0.29, 0.717) is 10.9 Å². The predicted octanol–water partition coefficient (Wildman–Crippen LogP) is 2.64. The third kappa shape index (κ3) is 5.34. The summed E-state index contributed by atoms with van der Waals surface area (Å²) in [5.41, 5.74) is 0.613. The second-order valence-electron chi connectivity index (χ2n) is 5.21. The highest BCUT2D eigenvalue weighted by Crippen LogP contribution is 2.25. The molecule has 1 heterocycles. The monoisotopic (exact) mass is 371 g/mol. The lowest BCUT2D eigenvalue weighted by atomic mass is 10.1. The molecule has 0 saturated heterocycles. The fraction of sp³-hybridized carbons (Fsp3) is 0.316. The number of carbonyl (C=O) groups is 2. The zero-order valence-corrected chi connectivity index (χ0v) is 15.3. The van der Waals surface area contributed by atoms with Crippen molar-refractivity contribution in [2.75, 3.05) is 19.8 Å². The summed E-state index contributed by atoms with van der Waals surface area (Å²) in [6, 6.07) is 7.31. The van der Waals surface area contributed by atoms with E-state index in [0.717, 1.165) is 0 Å². The van der Waals surface area contributed by atoms with Gasteiger partial charge in [-0.1, -0.05) is 24.8 Å². The van der Waals surface area contributed by atoms with Gasteiger partial charge in [0, 0.05) is 11.6 Å². The van der Waals surface area contributed by atoms with Crippen LogP contribution in [-0.4, -0.2) is 47.9 Å². The number of benzene rings is 1. The molecule has 0 spiro atoms. The summed E-state index contributed by atoms with van der Waals surface area (Å²) < 4.78 is 15.2. The molecule has 1 aromatic heterocycles. The van der Waals surface area contributed by atoms with Gasteiger partial charge in [-0.15, -0.1) is 0 Å². The standard InChI is InChI=1S/C19H21N3O5/c1-4-11-27-19-21-15-10-8-7-9-13(15)16(22-19)20-12-14(17(23)25-5-2)18(24)26-6-3/h4,7-10,12,14H,1,5-6,11H2,2-3H3. The first-order valence-electron chi connectivity index (χ1n) is 8.48. The largest absolute Gasteiger partial charge is 0.465 e. The van der Waals surface area contributed by atoms with Crippen LogP contribution in [0.5, 0.6) is 6.01 Å². The van der Waals surface area contributed by atoms with Gasteiger partial charge in [-0.3, -0.25) is 9.59 Å². The summed E-state index contributed by atoms with van der Waals surface area (Å²) in [6.07, 6.45) is 2.74. The van der Waals surface area contributed by atoms with E-state index in [1.165, 1.54) is 6.21 Å². The minimum atomic E-state index is -1.28. The minimum absolute atomic E-state index is 0.115. The zero-order valence-electron chi connectivity index (χ0n) is 15.3. The molecule has 0 atom stereocenters. The van der Waals surface area contributed by atoms with Gasteiger partial charge in [-0.2, -0.15) is 9.97 Å². The lowest BCUT2D eigenvalue weighted by molar-refractivity contribution is -0.157. The molecule has 8 nitrogen and oxygen atoms in total. The molecular formula is C19H21N3O5. The van der Waals surface area contributed by atoms with Crippen LogP contribution in [0.4, 0.5) is 5.82 Å². The molecule has 2 aromatic rings. The Morgan fingerprint density at radius 1 is 1.15 bits per heavy atom. The summed E-state index contributed by atoms with van der Waals surface area (Å²) >= 11 is 0. The Hall–Kier alpha value is -3.29. The Morgan fingerprint density at radius 2 is 1.81 bits per heavy atom. The molecule has 142 valence electrons. The molecule has 0 saturated carbocycles. The van der Waals surface area contributed by atoms with Crippen LogP contribution in [0.1, 0.15) is 13.8 Å². The van der Waals surface area contributed by atoms with Gasteiger partial charge >= 0.3 is 17.9 Å². The lowest BCUT2D eigenvalue weighted by Crippen LogP contribution is -2.29. The van der Waals surface area contributed by atoms with Crippen LogP contribution in [0.15, 0.2) is 41.9 Å². The Labute approximate surface area is 156 Å². The first-order chi connectivity index (χ1) is 13.1. The van der Waals surface area contributed by atoms with E-state index < -0.39 is 17.9 Å². The predicted molar refractivity (Wildman–Crippen MR) is 100 cm³/mol. The Balaban J connectivity index is 2.41. The summed E-state index contributed by atoms with van der Waals surface area (Å²) in [4.78, 5) is 36.9. The van der Waals surface area contributed by atoms with Gasteiger partial charge in [0.2, 0.25) is 0 Å². The number of nitrogens with zero attached hydrogens (tertiary/aromatic N) is 3. The van der Waals surface area contributed by atoms with E-state index >= 15 is 0 Å². The van der Waals surface area contributed by atoms with Crippen LogP contribution in [0.25, 0.3) is 10.9 Å². The summed E-state index contributed by atoms with van der Waals surface area (Å²) in [6.45, 7) is 7.39. The molecule has 0 N–H and O–H groups in total. The van der Waals surface area contributed by atoms with Gasteiger partial charge in [-0.25, -0.2) is 4.99 Å². The van der Waals surface area contributed by atoms with E-state index in [2.05, 4.69) is 21.5 Å². The van der Waals surface area contributed by atoms with Gasteiger partial charge in [0.05, 0.1) is 18.7 Å². The first kappa shape index (κ1) is 20.0. The number of esters is 2. The average Bonchev–Trinajstić information content (AvgIpc) is 2.66. The third-order valence-electron chi connectivity index (χ3n) is 3.32. The highest BCUT2D eigenvalue weighted by atomic mass is 16.6. The Kier molecular flexibility index (Phi) is 7.42. The van der Waals surface area contributed by atoms with Gasteiger partial charge in [0.1, 0.15) is 6.61 Å². The number of ether oxygens (including phenoxy) is 3. The first-order valence-corrected chi connectivity index (χ1v) is 8.48. The average molecular weight is 371 g/mol. The van der Waals surface area contributed by atoms with Crippen LogP contribution in [0, 0.1) is 5.92 Å². The molecular weight excluding hydrogens is 350 g/mol. The van der Waals surface area contributed by atoms with Crippen molar-refractivity contribution in [3.8, 4) is 6.01 Å². The van der Waals surface area contributed by atoms with Crippen LogP contribution in [0.3, 0.4) is 0 Å². The van der Waals surface area contributed by atoms with Crippen LogP contribution in [0.2, 0.25) is 0 Å². The highest BCUT2D eigenvalue weighted by molar-refractivity contribution is 6.09. The van der Waals surface area contributed by atoms with Crippen molar-refractivity contribution in [3.63, 3.8) is 0 Å². The Morgan fingerprint density at radius 3 is 2.44 bits per heavy atom. The highest BCUT2D eigenvalue weighted by Gasteiger charge is 2.28. The third-order valence-corrected chi connectivity index (χ3v) is 3.32. The number of aliphatic imine (C=N–C) groups is 1. The second-order valence-corrected chi connectivity index (χ2v) is 5.21. The number of carbonyl (C=O) groups excluding carboxylic acids is 2. The van der Waals surface area contributed by atoms with Gasteiger partial charge in [-0.05, 0) is 26.0 Å². The number of hydrogen-bond donors (Lipinski definition) is 0. The zero-order chi connectivity index (χ0) is 19.6. The van der Waals surface area contributed by atoms with Gasteiger partial charge in [0.25, 0.3) is 0 Å². The quantitative estimate of drug-likeness (QED) is 0.289. The van der Waals surface area contributed by atoms with Crippen molar-refractivity contribution in [2.45, 2.75) is 13.8 Å². The van der Waals surface area contributed by atoms with E-state index in [-0.39, 0.29) is 31.6 Å². The van der Waals surface area contributed by atoms with E-state index in [1.54, 1.807) is 32.1 Å². The van der Waals surface area contributed by atoms with Crippen LogP contribution >= 0.6 is 0 Å². The molecule has 0 aliphatic rings. The maximum Gasteiger partial charge on any atom is 0.325 e. The SMILES string of the molecule is C=CCOc1nc(N=CC(C(=O)OCC)C(=O)OCC)c2ccccc2n1. The maximum atomic E-state index is 12.1. The molecule has 0 aliphatic carbocycles. The van der Waals surface area contributed by atoms with Crippen molar-refractivity contribution >= 4 is 34.9 Å². The molecule has 0 fully saturated rings. The summed E-state index contributed by atoms with van der Waals surface area (Å²) in [5, 5.41) is 0.645. The molecule has 1 aromatic carbocycles. The number of fused-ring (bicyclic) bond motifs is 1. The molecule has 0 amide bonds. The smallest absolute Gasteiger partial charge is 0.325 e. The molecule has 0 bridgehead atoms. The second kappa shape index (κ2) is 10.0. The van der Waals surface area contributed by atoms with E-state index in [4.69, 9.17) is 14.2 Å². The van der Waals surface area contributed by atoms with Crippen molar-refractivity contribution in [1.82, 2.24) is 9.97 Å². The van der Waals surface area contributed by atoms with Gasteiger partial charge in [0.15, 0.2) is 11.7 Å². The summed E-state index contributed by atoms with van der Waals surface area (Å²) in [7, 11) is 0. The van der Waals surface area contributed by atoms with Crippen molar-refractivity contribution in [1.29, 1.82) is 0 Å². The molecule has 0 unspecified atom stereocenters. The normalized spacial score (nSPS) is 10.9. The van der Waals surface area contributed by atoms with Crippen molar-refractivity contribution < 1.29 is 23.8 Å². The fourth-order valence-electron chi connectivity index (χ4n) is 2.16. The van der Waals surface area contributed by atoms with E-state index in [1.807, 2.05) is 12.1 Å². The van der Waals surface area contributed by atoms with Crippen LogP contribution in [-0.2, 0) is 19.1 Å². The molecule has 0 aliphatic heterocycles. The molecule has 27 heavy (non-hydrogen) atoms. The molecule has 8 heteroatoms. The van der Waals surface area contributed by atoms with E-state index in [9.17, 15) is 9.59 Å². The molecule has 2 rings (SSSR count). The fourth-order valence-corrected chi connectivity index (χ4v) is 2.16. The maximum absolute atomic E-state index is 12.1. The Bertz CT molecular complexity index is 832.